The van der Waals surface area contributed by atoms with Crippen LogP contribution in [-0.4, -0.2) is 35.1 Å². The molecule has 2 N–H and O–H groups in total. The molecular weight excluding hydrogens is 298 g/mol. The zero-order chi connectivity index (χ0) is 15.3. The number of nitro groups is 1. The van der Waals surface area contributed by atoms with Gasteiger partial charge in [-0.1, -0.05) is 12.1 Å². The van der Waals surface area contributed by atoms with Gasteiger partial charge in [-0.25, -0.2) is 18.1 Å². The molecule has 0 aliphatic rings. The summed E-state index contributed by atoms with van der Waals surface area (Å²) in [7, 11) is -3.91. The summed E-state index contributed by atoms with van der Waals surface area (Å²) in [5, 5.41) is 17.2. The number of H-pyrrole nitrogens is 1. The summed E-state index contributed by atoms with van der Waals surface area (Å²) in [6.07, 6.45) is 2.39. The molecule has 1 aromatic heterocycles. The number of benzene rings is 1. The van der Waals surface area contributed by atoms with Crippen molar-refractivity contribution in [3.8, 4) is 0 Å². The number of aryl methyl sites for hydroxylation is 1. The Morgan fingerprint density at radius 2 is 2.10 bits per heavy atom. The van der Waals surface area contributed by atoms with E-state index < -0.39 is 20.6 Å². The van der Waals surface area contributed by atoms with Crippen molar-refractivity contribution in [3.05, 3.63) is 46.5 Å². The molecule has 0 unspecified atom stereocenters. The van der Waals surface area contributed by atoms with Crippen molar-refractivity contribution in [2.75, 3.05) is 6.54 Å². The number of nitro benzene ring substituents is 1. The predicted octanol–water partition coefficient (Wildman–Crippen LogP) is 0.624. The molecule has 0 spiro atoms. The van der Waals surface area contributed by atoms with Crippen LogP contribution in [0.3, 0.4) is 0 Å². The van der Waals surface area contributed by atoms with Gasteiger partial charge in [-0.15, -0.1) is 0 Å². The van der Waals surface area contributed by atoms with Crippen LogP contribution in [0.5, 0.6) is 0 Å². The summed E-state index contributed by atoms with van der Waals surface area (Å²) in [6.45, 7) is 0.148. The highest BCUT2D eigenvalue weighted by Gasteiger charge is 2.24. The Hall–Kier alpha value is -2.33. The zero-order valence-electron chi connectivity index (χ0n) is 10.9. The highest BCUT2D eigenvalue weighted by molar-refractivity contribution is 7.89. The Bertz CT molecular complexity index is 714. The number of hydrogen-bond donors (Lipinski definition) is 2. The van der Waals surface area contributed by atoms with Gasteiger partial charge in [-0.05, 0) is 12.5 Å². The topological polar surface area (TPSA) is 131 Å². The van der Waals surface area contributed by atoms with Crippen LogP contribution in [-0.2, 0) is 16.4 Å². The minimum atomic E-state index is -3.91. The van der Waals surface area contributed by atoms with Crippen LogP contribution in [0.15, 0.2) is 35.5 Å². The number of aromatic amines is 1. The fourth-order valence-corrected chi connectivity index (χ4v) is 2.97. The number of para-hydroxylation sites is 1. The third-order valence-electron chi connectivity index (χ3n) is 2.70. The summed E-state index contributed by atoms with van der Waals surface area (Å²) >= 11 is 0. The van der Waals surface area contributed by atoms with E-state index in [4.69, 9.17) is 0 Å². The van der Waals surface area contributed by atoms with E-state index in [1.165, 1.54) is 24.5 Å². The molecule has 0 aliphatic carbocycles. The first-order valence-corrected chi connectivity index (χ1v) is 7.56. The third kappa shape index (κ3) is 3.83. The van der Waals surface area contributed by atoms with Crippen molar-refractivity contribution in [1.82, 2.24) is 19.9 Å². The van der Waals surface area contributed by atoms with Crippen molar-refractivity contribution in [1.29, 1.82) is 0 Å². The average molecular weight is 311 g/mol. The quantitative estimate of drug-likeness (QED) is 0.438. The van der Waals surface area contributed by atoms with Crippen LogP contribution in [0, 0.1) is 10.1 Å². The van der Waals surface area contributed by atoms with Crippen molar-refractivity contribution in [3.63, 3.8) is 0 Å². The fraction of sp³-hybridized carbons (Fsp3) is 0.273. The molecule has 1 heterocycles. The van der Waals surface area contributed by atoms with Crippen LogP contribution in [0.1, 0.15) is 12.2 Å². The molecule has 2 aromatic rings. The highest BCUT2D eigenvalue weighted by Crippen LogP contribution is 2.22. The number of rotatable bonds is 7. The summed E-state index contributed by atoms with van der Waals surface area (Å²) in [6, 6.07) is 5.22. The van der Waals surface area contributed by atoms with E-state index in [1.807, 2.05) is 0 Å². The SMILES string of the molecule is O=[N+]([O-])c1ccccc1S(=O)(=O)NCCCc1ncn[nH]1. The molecule has 2 rings (SSSR count). The number of nitrogens with zero attached hydrogens (tertiary/aromatic N) is 3. The van der Waals surface area contributed by atoms with Crippen LogP contribution >= 0.6 is 0 Å². The summed E-state index contributed by atoms with van der Waals surface area (Å²) in [4.78, 5) is 13.7. The first-order chi connectivity index (χ1) is 10.0. The van der Waals surface area contributed by atoms with Crippen molar-refractivity contribution < 1.29 is 13.3 Å². The lowest BCUT2D eigenvalue weighted by Crippen LogP contribution is -2.25. The molecule has 0 saturated carbocycles. The standard InChI is InChI=1S/C11H13N5O4S/c17-16(18)9-4-1-2-5-10(9)21(19,20)14-7-3-6-11-12-8-13-15-11/h1-2,4-5,8,14H,3,6-7H2,(H,12,13,15). The van der Waals surface area contributed by atoms with Gasteiger partial charge in [-0.3, -0.25) is 15.2 Å². The molecule has 0 aliphatic heterocycles. The molecule has 0 saturated heterocycles. The van der Waals surface area contributed by atoms with E-state index in [-0.39, 0.29) is 11.4 Å². The summed E-state index contributed by atoms with van der Waals surface area (Å²) in [5.74, 6) is 0.653. The molecule has 112 valence electrons. The summed E-state index contributed by atoms with van der Waals surface area (Å²) in [5.41, 5.74) is -0.444. The van der Waals surface area contributed by atoms with Crippen molar-refractivity contribution >= 4 is 15.7 Å². The fourth-order valence-electron chi connectivity index (χ4n) is 1.73. The molecule has 1 aromatic carbocycles. The van der Waals surface area contributed by atoms with E-state index in [1.54, 1.807) is 0 Å². The van der Waals surface area contributed by atoms with E-state index in [0.29, 0.717) is 18.7 Å². The van der Waals surface area contributed by atoms with E-state index in [9.17, 15) is 18.5 Å². The minimum Gasteiger partial charge on any atom is -0.263 e. The molecular formula is C11H13N5O4S. The van der Waals surface area contributed by atoms with Gasteiger partial charge in [0, 0.05) is 19.0 Å². The maximum atomic E-state index is 12.1. The first kappa shape index (κ1) is 15.1. The van der Waals surface area contributed by atoms with E-state index in [2.05, 4.69) is 19.9 Å². The Labute approximate surface area is 120 Å². The van der Waals surface area contributed by atoms with Gasteiger partial charge in [0.05, 0.1) is 4.92 Å². The van der Waals surface area contributed by atoms with Crippen LogP contribution in [0.25, 0.3) is 0 Å². The molecule has 21 heavy (non-hydrogen) atoms. The monoisotopic (exact) mass is 311 g/mol. The molecule has 9 nitrogen and oxygen atoms in total. The van der Waals surface area contributed by atoms with Gasteiger partial charge in [-0.2, -0.15) is 5.10 Å². The molecule has 0 bridgehead atoms. The number of sulfonamides is 1. The lowest BCUT2D eigenvalue weighted by molar-refractivity contribution is -0.387. The number of nitrogens with one attached hydrogen (secondary N) is 2. The third-order valence-corrected chi connectivity index (χ3v) is 4.21. The van der Waals surface area contributed by atoms with E-state index >= 15 is 0 Å². The second kappa shape index (κ2) is 6.41. The first-order valence-electron chi connectivity index (χ1n) is 6.08. The highest BCUT2D eigenvalue weighted by atomic mass is 32.2. The average Bonchev–Trinajstić information content (AvgIpc) is 2.97. The summed E-state index contributed by atoms with van der Waals surface area (Å²) < 4.78 is 26.5. The minimum absolute atomic E-state index is 0.148. The smallest absolute Gasteiger partial charge is 0.263 e. The number of hydrogen-bond acceptors (Lipinski definition) is 6. The molecule has 0 atom stereocenters. The molecule has 0 amide bonds. The number of aromatic nitrogens is 3. The molecule has 10 heteroatoms. The Kier molecular flexibility index (Phi) is 4.60. The van der Waals surface area contributed by atoms with Crippen molar-refractivity contribution in [2.24, 2.45) is 0 Å². The van der Waals surface area contributed by atoms with Gasteiger partial charge in [0.1, 0.15) is 12.2 Å². The van der Waals surface area contributed by atoms with Crippen molar-refractivity contribution in [2.45, 2.75) is 17.7 Å². The maximum Gasteiger partial charge on any atom is 0.289 e. The van der Waals surface area contributed by atoms with E-state index in [0.717, 1.165) is 6.07 Å². The zero-order valence-corrected chi connectivity index (χ0v) is 11.7. The van der Waals surface area contributed by atoms with Crippen LogP contribution in [0.2, 0.25) is 0 Å². The second-order valence-corrected chi connectivity index (χ2v) is 5.89. The molecule has 0 fully saturated rings. The Balaban J connectivity index is 2.00. The van der Waals surface area contributed by atoms with Crippen LogP contribution in [0.4, 0.5) is 5.69 Å². The van der Waals surface area contributed by atoms with Gasteiger partial charge in [0.15, 0.2) is 4.90 Å². The Morgan fingerprint density at radius 3 is 2.76 bits per heavy atom. The Morgan fingerprint density at radius 1 is 1.33 bits per heavy atom. The van der Waals surface area contributed by atoms with Gasteiger partial charge in [0.2, 0.25) is 10.0 Å². The van der Waals surface area contributed by atoms with Gasteiger partial charge < -0.3 is 0 Å². The van der Waals surface area contributed by atoms with Gasteiger partial charge in [0.25, 0.3) is 5.69 Å². The molecule has 0 radical (unpaired) electrons. The lowest BCUT2D eigenvalue weighted by Gasteiger charge is -2.06. The second-order valence-electron chi connectivity index (χ2n) is 4.16. The normalized spacial score (nSPS) is 11.4. The van der Waals surface area contributed by atoms with Gasteiger partial charge >= 0.3 is 0 Å². The van der Waals surface area contributed by atoms with Crippen LogP contribution < -0.4 is 4.72 Å². The lowest BCUT2D eigenvalue weighted by atomic mass is 10.3. The largest absolute Gasteiger partial charge is 0.289 e. The maximum absolute atomic E-state index is 12.1. The predicted molar refractivity (Wildman–Crippen MR) is 73.0 cm³/mol.